The smallest absolute Gasteiger partial charge is 0.217 e. The van der Waals surface area contributed by atoms with E-state index in [9.17, 15) is 9.90 Å². The van der Waals surface area contributed by atoms with Crippen molar-refractivity contribution in [2.75, 3.05) is 19.8 Å². The number of aliphatic hydroxyl groups excluding tert-OH is 1. The molecule has 0 aliphatic heterocycles. The topological polar surface area (TPSA) is 110 Å². The first-order valence-corrected chi connectivity index (χ1v) is 13.4. The maximum Gasteiger partial charge on any atom is 0.217 e. The SMILES string of the molecule is CC(C)(Cc1ccc(OCCCCCC(N)=O)cc1)NC[C@H](O)COc1cccc2[nH]c3ccccc3c12. The van der Waals surface area contributed by atoms with Crippen LogP contribution >= 0.6 is 0 Å². The molecular weight excluding hydrogens is 478 g/mol. The Morgan fingerprint density at radius 1 is 0.974 bits per heavy atom. The van der Waals surface area contributed by atoms with Crippen LogP contribution in [0.3, 0.4) is 0 Å². The van der Waals surface area contributed by atoms with Gasteiger partial charge in [0, 0.05) is 34.8 Å². The zero-order valence-electron chi connectivity index (χ0n) is 22.3. The van der Waals surface area contributed by atoms with Gasteiger partial charge in [-0.15, -0.1) is 0 Å². The van der Waals surface area contributed by atoms with Gasteiger partial charge in [0.15, 0.2) is 0 Å². The largest absolute Gasteiger partial charge is 0.494 e. The zero-order chi connectivity index (χ0) is 27.0. The third-order valence-corrected chi connectivity index (χ3v) is 6.65. The van der Waals surface area contributed by atoms with Gasteiger partial charge < -0.3 is 30.6 Å². The number of nitrogens with one attached hydrogen (secondary N) is 2. The molecule has 202 valence electrons. The van der Waals surface area contributed by atoms with Gasteiger partial charge in [0.05, 0.1) is 12.1 Å². The van der Waals surface area contributed by atoms with Gasteiger partial charge in [-0.2, -0.15) is 0 Å². The highest BCUT2D eigenvalue weighted by Gasteiger charge is 2.20. The minimum atomic E-state index is -0.645. The number of H-pyrrole nitrogens is 1. The second kappa shape index (κ2) is 12.8. The fourth-order valence-corrected chi connectivity index (χ4v) is 4.67. The Morgan fingerprint density at radius 2 is 1.74 bits per heavy atom. The minimum Gasteiger partial charge on any atom is -0.494 e. The van der Waals surface area contributed by atoms with Gasteiger partial charge in [-0.05, 0) is 75.4 Å². The van der Waals surface area contributed by atoms with E-state index >= 15 is 0 Å². The lowest BCUT2D eigenvalue weighted by molar-refractivity contribution is -0.118. The third-order valence-electron chi connectivity index (χ3n) is 6.65. The molecule has 0 unspecified atom stereocenters. The predicted octanol–water partition coefficient (Wildman–Crippen LogP) is 5.10. The lowest BCUT2D eigenvalue weighted by atomic mass is 9.94. The van der Waals surface area contributed by atoms with Crippen molar-refractivity contribution in [3.8, 4) is 11.5 Å². The second-order valence-electron chi connectivity index (χ2n) is 10.5. The van der Waals surface area contributed by atoms with Gasteiger partial charge in [0.25, 0.3) is 0 Å². The highest BCUT2D eigenvalue weighted by atomic mass is 16.5. The van der Waals surface area contributed by atoms with E-state index in [1.807, 2.05) is 42.5 Å². The van der Waals surface area contributed by atoms with Crippen LogP contribution in [-0.4, -0.2) is 47.4 Å². The van der Waals surface area contributed by atoms with Crippen LogP contribution in [0.2, 0.25) is 0 Å². The number of fused-ring (bicyclic) bond motifs is 3. The molecule has 4 aromatic rings. The summed E-state index contributed by atoms with van der Waals surface area (Å²) in [5.74, 6) is 1.36. The Morgan fingerprint density at radius 3 is 2.53 bits per heavy atom. The fourth-order valence-electron chi connectivity index (χ4n) is 4.67. The first-order valence-electron chi connectivity index (χ1n) is 13.4. The number of benzene rings is 3. The number of carbonyl (C=O) groups excluding carboxylic acids is 1. The molecule has 0 aliphatic carbocycles. The fraction of sp³-hybridized carbons (Fsp3) is 0.387. The van der Waals surface area contributed by atoms with Crippen molar-refractivity contribution in [2.45, 2.75) is 57.6 Å². The maximum absolute atomic E-state index is 10.8. The maximum atomic E-state index is 10.8. The number of primary amides is 1. The number of β-amino-alcohol motifs (C(OH)–C–C–N with tert-alkyl or cyclic N) is 1. The van der Waals surface area contributed by atoms with E-state index in [-0.39, 0.29) is 18.1 Å². The summed E-state index contributed by atoms with van der Waals surface area (Å²) in [6, 6.07) is 22.2. The molecule has 3 aromatic carbocycles. The molecular formula is C31H39N3O4. The summed E-state index contributed by atoms with van der Waals surface area (Å²) >= 11 is 0. The number of hydrogen-bond donors (Lipinski definition) is 4. The molecule has 0 fully saturated rings. The highest BCUT2D eigenvalue weighted by molar-refractivity contribution is 6.10. The first-order chi connectivity index (χ1) is 18.3. The van der Waals surface area contributed by atoms with Gasteiger partial charge in [-0.1, -0.05) is 36.4 Å². The standard InChI is InChI=1S/C31H39N3O4/c1-31(2,19-22-14-16-24(17-15-22)37-18-7-3-4-13-29(32)36)33-20-23(35)21-38-28-12-8-11-27-30(28)25-9-5-6-10-26(25)34-27/h5-6,8-12,14-17,23,33-35H,3-4,7,13,18-21H2,1-2H3,(H2,32,36)/t23-/m0/s1. The molecule has 0 bridgehead atoms. The van der Waals surface area contributed by atoms with Crippen LogP contribution in [0.1, 0.15) is 45.1 Å². The summed E-state index contributed by atoms with van der Waals surface area (Å²) in [5, 5.41) is 16.3. The van der Waals surface area contributed by atoms with Crippen LogP contribution in [0.15, 0.2) is 66.7 Å². The molecule has 0 spiro atoms. The summed E-state index contributed by atoms with van der Waals surface area (Å²) in [6.07, 6.45) is 3.23. The highest BCUT2D eigenvalue weighted by Crippen LogP contribution is 2.33. The van der Waals surface area contributed by atoms with Crippen LogP contribution in [0.25, 0.3) is 21.8 Å². The number of amides is 1. The van der Waals surface area contributed by atoms with Crippen molar-refractivity contribution >= 4 is 27.7 Å². The van der Waals surface area contributed by atoms with Crippen LogP contribution in [0, 0.1) is 0 Å². The molecule has 1 amide bonds. The Labute approximate surface area is 224 Å². The number of carbonyl (C=O) groups is 1. The van der Waals surface area contributed by atoms with Crippen LogP contribution in [0.4, 0.5) is 0 Å². The molecule has 7 heteroatoms. The van der Waals surface area contributed by atoms with E-state index in [0.717, 1.165) is 59.0 Å². The third kappa shape index (κ3) is 7.73. The molecule has 1 aromatic heterocycles. The molecule has 38 heavy (non-hydrogen) atoms. The zero-order valence-corrected chi connectivity index (χ0v) is 22.3. The molecule has 4 rings (SSSR count). The van der Waals surface area contributed by atoms with Crippen molar-refractivity contribution in [3.05, 3.63) is 72.3 Å². The number of hydrogen-bond acceptors (Lipinski definition) is 5. The van der Waals surface area contributed by atoms with Crippen molar-refractivity contribution in [1.82, 2.24) is 10.3 Å². The lowest BCUT2D eigenvalue weighted by Crippen LogP contribution is -2.46. The van der Waals surface area contributed by atoms with Gasteiger partial charge in [0.2, 0.25) is 5.91 Å². The number of para-hydroxylation sites is 1. The predicted molar refractivity (Wildman–Crippen MR) is 153 cm³/mol. The number of rotatable bonds is 15. The first kappa shape index (κ1) is 27.5. The number of aromatic amines is 1. The summed E-state index contributed by atoms with van der Waals surface area (Å²) in [5.41, 5.74) is 8.23. The summed E-state index contributed by atoms with van der Waals surface area (Å²) in [6.45, 7) is 5.51. The van der Waals surface area contributed by atoms with Crippen LogP contribution in [-0.2, 0) is 11.2 Å². The number of aliphatic hydroxyl groups is 1. The molecule has 0 saturated carbocycles. The number of ether oxygens (including phenoxy) is 2. The number of unbranched alkanes of at least 4 members (excludes halogenated alkanes) is 2. The van der Waals surface area contributed by atoms with E-state index in [1.165, 1.54) is 5.56 Å². The van der Waals surface area contributed by atoms with Gasteiger partial charge in [-0.3, -0.25) is 4.79 Å². The lowest BCUT2D eigenvalue weighted by Gasteiger charge is -2.28. The average molecular weight is 518 g/mol. The van der Waals surface area contributed by atoms with Crippen LogP contribution < -0.4 is 20.5 Å². The molecule has 5 N–H and O–H groups in total. The van der Waals surface area contributed by atoms with Gasteiger partial charge >= 0.3 is 0 Å². The molecule has 0 saturated heterocycles. The summed E-state index contributed by atoms with van der Waals surface area (Å²) in [7, 11) is 0. The molecule has 7 nitrogen and oxygen atoms in total. The summed E-state index contributed by atoms with van der Waals surface area (Å²) < 4.78 is 11.9. The van der Waals surface area contributed by atoms with Crippen molar-refractivity contribution < 1.29 is 19.4 Å². The van der Waals surface area contributed by atoms with E-state index in [0.29, 0.717) is 19.6 Å². The molecule has 0 aliphatic rings. The quantitative estimate of drug-likeness (QED) is 0.164. The monoisotopic (exact) mass is 517 g/mol. The van der Waals surface area contributed by atoms with E-state index in [2.05, 4.69) is 48.4 Å². The number of nitrogens with two attached hydrogens (primary N) is 1. The van der Waals surface area contributed by atoms with Gasteiger partial charge in [-0.25, -0.2) is 0 Å². The van der Waals surface area contributed by atoms with Crippen molar-refractivity contribution in [3.63, 3.8) is 0 Å². The Balaban J connectivity index is 1.21. The molecule has 1 heterocycles. The van der Waals surface area contributed by atoms with Crippen molar-refractivity contribution in [2.24, 2.45) is 5.73 Å². The Bertz CT molecular complexity index is 1330. The van der Waals surface area contributed by atoms with E-state index in [4.69, 9.17) is 15.2 Å². The summed E-state index contributed by atoms with van der Waals surface area (Å²) in [4.78, 5) is 14.2. The molecule has 0 radical (unpaired) electrons. The Kier molecular flexibility index (Phi) is 9.26. The second-order valence-corrected chi connectivity index (χ2v) is 10.5. The van der Waals surface area contributed by atoms with Crippen LogP contribution in [0.5, 0.6) is 11.5 Å². The average Bonchev–Trinajstić information content (AvgIpc) is 3.28. The Hall–Kier alpha value is -3.55. The van der Waals surface area contributed by atoms with Crippen molar-refractivity contribution in [1.29, 1.82) is 0 Å². The van der Waals surface area contributed by atoms with E-state index in [1.54, 1.807) is 0 Å². The molecule has 1 atom stereocenters. The normalized spacial score (nSPS) is 12.6. The number of aromatic nitrogens is 1. The minimum absolute atomic E-state index is 0.205. The van der Waals surface area contributed by atoms with Gasteiger partial charge in [0.1, 0.15) is 24.2 Å². The van der Waals surface area contributed by atoms with E-state index < -0.39 is 6.10 Å².